The van der Waals surface area contributed by atoms with Crippen molar-refractivity contribution in [1.82, 2.24) is 0 Å². The summed E-state index contributed by atoms with van der Waals surface area (Å²) in [5, 5.41) is 10.1. The molecule has 0 aliphatic carbocycles. The average molecular weight is 230 g/mol. The molecule has 1 aliphatic heterocycles. The van der Waals surface area contributed by atoms with Gasteiger partial charge >= 0.3 is 0 Å². The van der Waals surface area contributed by atoms with Crippen molar-refractivity contribution in [3.8, 4) is 0 Å². The molecule has 0 aromatic heterocycles. The summed E-state index contributed by atoms with van der Waals surface area (Å²) in [6.45, 7) is 0. The normalized spacial score (nSPS) is 25.8. The van der Waals surface area contributed by atoms with Gasteiger partial charge in [0.2, 0.25) is 0 Å². The van der Waals surface area contributed by atoms with Gasteiger partial charge in [-0.2, -0.15) is 11.8 Å². The lowest BCUT2D eigenvalue weighted by molar-refractivity contribution is 0.0675. The molecule has 2 rings (SSSR count). The molecule has 0 bridgehead atoms. The maximum absolute atomic E-state index is 13.3. The van der Waals surface area contributed by atoms with E-state index in [0.717, 1.165) is 11.8 Å². The van der Waals surface area contributed by atoms with Crippen molar-refractivity contribution in [2.24, 2.45) is 0 Å². The standard InChI is InChI=1S/C11H12F2OS/c12-9-3-1-2-8(10(9)13)6-11(14)4-5-15-7-11/h1-3,14H,4-7H2. The van der Waals surface area contributed by atoms with Crippen molar-refractivity contribution >= 4 is 11.8 Å². The highest BCUT2D eigenvalue weighted by atomic mass is 32.2. The third-order valence-corrected chi connectivity index (χ3v) is 3.87. The van der Waals surface area contributed by atoms with E-state index in [1.54, 1.807) is 11.8 Å². The van der Waals surface area contributed by atoms with Crippen LogP contribution in [0.3, 0.4) is 0 Å². The van der Waals surface area contributed by atoms with E-state index in [0.29, 0.717) is 12.2 Å². The minimum Gasteiger partial charge on any atom is -0.389 e. The predicted molar refractivity (Wildman–Crippen MR) is 57.0 cm³/mol. The third-order valence-electron chi connectivity index (χ3n) is 2.63. The van der Waals surface area contributed by atoms with Gasteiger partial charge in [0.25, 0.3) is 0 Å². The Labute approximate surface area is 91.5 Å². The topological polar surface area (TPSA) is 20.2 Å². The Morgan fingerprint density at radius 3 is 2.87 bits per heavy atom. The summed E-state index contributed by atoms with van der Waals surface area (Å²) >= 11 is 1.64. The van der Waals surface area contributed by atoms with Gasteiger partial charge in [-0.3, -0.25) is 0 Å². The molecule has 1 aliphatic rings. The van der Waals surface area contributed by atoms with Crippen LogP contribution in [0.4, 0.5) is 8.78 Å². The van der Waals surface area contributed by atoms with Gasteiger partial charge in [-0.05, 0) is 23.8 Å². The first-order valence-electron chi connectivity index (χ1n) is 4.84. The number of aliphatic hydroxyl groups is 1. The van der Waals surface area contributed by atoms with E-state index in [2.05, 4.69) is 0 Å². The molecule has 1 unspecified atom stereocenters. The van der Waals surface area contributed by atoms with Crippen LogP contribution < -0.4 is 0 Å². The Hall–Kier alpha value is -0.610. The molecule has 0 amide bonds. The average Bonchev–Trinajstić information content (AvgIpc) is 2.60. The van der Waals surface area contributed by atoms with Crippen LogP contribution in [0.5, 0.6) is 0 Å². The van der Waals surface area contributed by atoms with Crippen LogP contribution >= 0.6 is 11.8 Å². The van der Waals surface area contributed by atoms with E-state index in [1.807, 2.05) is 0 Å². The highest BCUT2D eigenvalue weighted by Crippen LogP contribution is 2.31. The Kier molecular flexibility index (Phi) is 2.98. The molecule has 1 heterocycles. The summed E-state index contributed by atoms with van der Waals surface area (Å²) in [6, 6.07) is 4.09. The number of thioether (sulfide) groups is 1. The molecule has 1 atom stereocenters. The number of benzene rings is 1. The van der Waals surface area contributed by atoms with E-state index in [4.69, 9.17) is 0 Å². The van der Waals surface area contributed by atoms with Crippen molar-refractivity contribution in [3.63, 3.8) is 0 Å². The first-order chi connectivity index (χ1) is 7.11. The van der Waals surface area contributed by atoms with Crippen LogP contribution in [-0.4, -0.2) is 22.2 Å². The van der Waals surface area contributed by atoms with Crippen LogP contribution in [-0.2, 0) is 6.42 Å². The molecule has 1 aromatic rings. The van der Waals surface area contributed by atoms with Gasteiger partial charge < -0.3 is 5.11 Å². The molecular formula is C11H12F2OS. The fraction of sp³-hybridized carbons (Fsp3) is 0.455. The number of hydrogen-bond donors (Lipinski definition) is 1. The third kappa shape index (κ3) is 2.32. The summed E-state index contributed by atoms with van der Waals surface area (Å²) in [4.78, 5) is 0. The fourth-order valence-electron chi connectivity index (χ4n) is 1.78. The number of halogens is 2. The van der Waals surface area contributed by atoms with Crippen molar-refractivity contribution < 1.29 is 13.9 Å². The molecular weight excluding hydrogens is 218 g/mol. The molecule has 0 radical (unpaired) electrons. The number of rotatable bonds is 2. The maximum atomic E-state index is 13.3. The SMILES string of the molecule is OC1(Cc2cccc(F)c2F)CCSC1. The molecule has 0 spiro atoms. The van der Waals surface area contributed by atoms with Gasteiger partial charge in [0.15, 0.2) is 11.6 Å². The van der Waals surface area contributed by atoms with Gasteiger partial charge in [0.1, 0.15) is 0 Å². The second-order valence-corrected chi connectivity index (χ2v) is 5.02. The lowest BCUT2D eigenvalue weighted by atomic mass is 9.94. The molecule has 1 saturated heterocycles. The minimum absolute atomic E-state index is 0.198. The fourth-order valence-corrected chi connectivity index (χ4v) is 3.07. The smallest absolute Gasteiger partial charge is 0.162 e. The Bertz CT molecular complexity index is 362. The second-order valence-electron chi connectivity index (χ2n) is 3.92. The van der Waals surface area contributed by atoms with Crippen molar-refractivity contribution in [2.45, 2.75) is 18.4 Å². The van der Waals surface area contributed by atoms with Crippen LogP contribution in [0, 0.1) is 11.6 Å². The van der Waals surface area contributed by atoms with Crippen LogP contribution in [0.25, 0.3) is 0 Å². The van der Waals surface area contributed by atoms with Crippen molar-refractivity contribution in [3.05, 3.63) is 35.4 Å². The number of hydrogen-bond acceptors (Lipinski definition) is 2. The highest BCUT2D eigenvalue weighted by Gasteiger charge is 2.32. The van der Waals surface area contributed by atoms with Gasteiger partial charge in [0, 0.05) is 12.2 Å². The molecule has 4 heteroatoms. The molecule has 1 nitrogen and oxygen atoms in total. The molecule has 1 N–H and O–H groups in total. The molecule has 1 fully saturated rings. The molecule has 15 heavy (non-hydrogen) atoms. The second kappa shape index (κ2) is 4.10. The van der Waals surface area contributed by atoms with Gasteiger partial charge in [0.05, 0.1) is 5.60 Å². The van der Waals surface area contributed by atoms with Gasteiger partial charge in [-0.1, -0.05) is 12.1 Å². The molecule has 0 saturated carbocycles. The van der Waals surface area contributed by atoms with Gasteiger partial charge in [-0.25, -0.2) is 8.78 Å². The summed E-state index contributed by atoms with van der Waals surface area (Å²) in [7, 11) is 0. The molecule has 1 aromatic carbocycles. The first-order valence-corrected chi connectivity index (χ1v) is 5.99. The van der Waals surface area contributed by atoms with E-state index in [1.165, 1.54) is 12.1 Å². The minimum atomic E-state index is -0.862. The summed E-state index contributed by atoms with van der Waals surface area (Å²) in [5.74, 6) is -0.194. The summed E-state index contributed by atoms with van der Waals surface area (Å²) < 4.78 is 26.2. The summed E-state index contributed by atoms with van der Waals surface area (Å²) in [5.41, 5.74) is -0.598. The zero-order chi connectivity index (χ0) is 10.9. The van der Waals surface area contributed by atoms with E-state index in [-0.39, 0.29) is 12.0 Å². The zero-order valence-electron chi connectivity index (χ0n) is 8.17. The Morgan fingerprint density at radius 2 is 2.20 bits per heavy atom. The molecule has 82 valence electrons. The monoisotopic (exact) mass is 230 g/mol. The van der Waals surface area contributed by atoms with E-state index >= 15 is 0 Å². The van der Waals surface area contributed by atoms with Gasteiger partial charge in [-0.15, -0.1) is 0 Å². The lowest BCUT2D eigenvalue weighted by Crippen LogP contribution is -2.31. The first kappa shape index (κ1) is 10.9. The Morgan fingerprint density at radius 1 is 1.40 bits per heavy atom. The van der Waals surface area contributed by atoms with Crippen LogP contribution in [0.1, 0.15) is 12.0 Å². The predicted octanol–water partition coefficient (Wildman–Crippen LogP) is 2.38. The van der Waals surface area contributed by atoms with Crippen LogP contribution in [0.2, 0.25) is 0 Å². The van der Waals surface area contributed by atoms with Crippen molar-refractivity contribution in [1.29, 1.82) is 0 Å². The zero-order valence-corrected chi connectivity index (χ0v) is 8.99. The quantitative estimate of drug-likeness (QED) is 0.841. The van der Waals surface area contributed by atoms with E-state index < -0.39 is 17.2 Å². The summed E-state index contributed by atoms with van der Waals surface area (Å²) in [6.07, 6.45) is 0.844. The highest BCUT2D eigenvalue weighted by molar-refractivity contribution is 7.99. The maximum Gasteiger partial charge on any atom is 0.162 e. The Balaban J connectivity index is 2.20. The largest absolute Gasteiger partial charge is 0.389 e. The van der Waals surface area contributed by atoms with E-state index in [9.17, 15) is 13.9 Å². The van der Waals surface area contributed by atoms with Crippen LogP contribution in [0.15, 0.2) is 18.2 Å². The lowest BCUT2D eigenvalue weighted by Gasteiger charge is -2.21. The van der Waals surface area contributed by atoms with Crippen molar-refractivity contribution in [2.75, 3.05) is 11.5 Å².